The molecule has 0 aliphatic rings. The maximum Gasteiger partial charge on any atom is 0.265 e. The van der Waals surface area contributed by atoms with Crippen LogP contribution in [0.5, 0.6) is 0 Å². The Morgan fingerprint density at radius 2 is 2.03 bits per heavy atom. The molecule has 0 fully saturated rings. The van der Waals surface area contributed by atoms with Crippen molar-refractivity contribution in [2.75, 3.05) is 18.4 Å². The summed E-state index contributed by atoms with van der Waals surface area (Å²) in [7, 11) is -0.775. The molecule has 0 aliphatic heterocycles. The number of rotatable bonds is 7. The normalized spacial score (nSPS) is 13.9. The highest BCUT2D eigenvalue weighted by atomic mass is 32.2. The predicted octanol–water partition coefficient (Wildman–Crippen LogP) is 2.79. The molecule has 1 atom stereocenters. The number of fused-ring (bicyclic) bond motifs is 1. The fraction of sp³-hybridized carbons (Fsp3) is 0.250. The van der Waals surface area contributed by atoms with Gasteiger partial charge in [-0.15, -0.1) is 0 Å². The fourth-order valence-electron chi connectivity index (χ4n) is 3.31. The maximum absolute atomic E-state index is 14.8. The Hall–Kier alpha value is -3.31. The smallest absolute Gasteiger partial charge is 0.265 e. The van der Waals surface area contributed by atoms with Gasteiger partial charge in [-0.1, -0.05) is 12.1 Å². The van der Waals surface area contributed by atoms with Crippen molar-refractivity contribution in [1.82, 2.24) is 24.5 Å². The summed E-state index contributed by atoms with van der Waals surface area (Å²) in [4.78, 5) is 4.12. The van der Waals surface area contributed by atoms with Crippen LogP contribution < -0.4 is 4.72 Å². The van der Waals surface area contributed by atoms with E-state index in [4.69, 9.17) is 4.74 Å². The summed E-state index contributed by atoms with van der Waals surface area (Å²) in [5.41, 5.74) is -0.315. The van der Waals surface area contributed by atoms with E-state index in [1.807, 2.05) is 6.07 Å². The number of para-hydroxylation sites is 1. The number of benzene rings is 1. The van der Waals surface area contributed by atoms with Crippen LogP contribution in [0, 0.1) is 0 Å². The number of alkyl halides is 1. The third-order valence-electron chi connectivity index (χ3n) is 4.87. The van der Waals surface area contributed by atoms with Gasteiger partial charge in [-0.2, -0.15) is 10.2 Å². The number of hydrogen-bond donors (Lipinski definition) is 1. The number of nitrogens with zero attached hydrogens (tertiary/aromatic N) is 5. The number of halogens is 1. The lowest BCUT2D eigenvalue weighted by atomic mass is 10.00. The van der Waals surface area contributed by atoms with Crippen LogP contribution in [0.4, 0.5) is 10.1 Å². The number of nitrogens with one attached hydrogen (secondary N) is 1. The van der Waals surface area contributed by atoms with Gasteiger partial charge in [0, 0.05) is 25.7 Å². The van der Waals surface area contributed by atoms with Crippen LogP contribution in [0.25, 0.3) is 16.7 Å². The summed E-state index contributed by atoms with van der Waals surface area (Å²) in [5.74, 6) is 0.285. The molecular weight excluding hydrogens is 423 g/mol. The van der Waals surface area contributed by atoms with Crippen LogP contribution in [0.1, 0.15) is 12.5 Å². The van der Waals surface area contributed by atoms with Gasteiger partial charge >= 0.3 is 0 Å². The molecule has 0 radical (unpaired) electrons. The Morgan fingerprint density at radius 3 is 2.81 bits per heavy atom. The number of aryl methyl sites for hydroxylation is 1. The van der Waals surface area contributed by atoms with Crippen molar-refractivity contribution >= 4 is 26.6 Å². The van der Waals surface area contributed by atoms with E-state index < -0.39 is 15.7 Å². The largest absolute Gasteiger partial charge is 0.381 e. The Bertz CT molecular complexity index is 1350. The topological polar surface area (TPSA) is 104 Å². The standard InChI is InChI=1S/C20H21FN6O3S/c1-20(21,13-30-3)15-7-8-22-18(9-15)27-12-16(11-24-27)31(28,29)25-17-6-4-5-14-10-23-26(2)19(14)17/h4-12,25H,13H2,1-3H3. The van der Waals surface area contributed by atoms with Gasteiger partial charge in [0.25, 0.3) is 10.0 Å². The van der Waals surface area contributed by atoms with E-state index in [2.05, 4.69) is 19.9 Å². The van der Waals surface area contributed by atoms with Crippen LogP contribution >= 0.6 is 0 Å². The van der Waals surface area contributed by atoms with Gasteiger partial charge < -0.3 is 4.74 Å². The first-order valence-electron chi connectivity index (χ1n) is 9.34. The van der Waals surface area contributed by atoms with Gasteiger partial charge in [-0.3, -0.25) is 9.40 Å². The summed E-state index contributed by atoms with van der Waals surface area (Å²) in [6, 6.07) is 8.30. The second-order valence-electron chi connectivity index (χ2n) is 7.27. The molecule has 0 bridgehead atoms. The van der Waals surface area contributed by atoms with E-state index in [1.54, 1.807) is 36.1 Å². The van der Waals surface area contributed by atoms with Crippen molar-refractivity contribution < 1.29 is 17.5 Å². The SMILES string of the molecule is COCC(C)(F)c1ccnc(-n2cc(S(=O)(=O)Nc3cccc4cnn(C)c34)cn2)c1. The molecule has 1 aromatic carbocycles. The molecule has 3 heterocycles. The first kappa shape index (κ1) is 20.9. The minimum absolute atomic E-state index is 0.0567. The summed E-state index contributed by atoms with van der Waals surface area (Å²) in [6.07, 6.45) is 5.63. The molecule has 4 aromatic rings. The number of pyridine rings is 1. The maximum atomic E-state index is 14.8. The summed E-state index contributed by atoms with van der Waals surface area (Å²) in [5, 5.41) is 9.07. The zero-order chi connectivity index (χ0) is 22.2. The third kappa shape index (κ3) is 4.01. The number of hydrogen-bond acceptors (Lipinski definition) is 6. The summed E-state index contributed by atoms with van der Waals surface area (Å²) in [6.45, 7) is 1.27. The number of ether oxygens (including phenoxy) is 1. The molecule has 162 valence electrons. The molecule has 0 aliphatic carbocycles. The van der Waals surface area contributed by atoms with Crippen LogP contribution in [0.2, 0.25) is 0 Å². The highest BCUT2D eigenvalue weighted by Crippen LogP contribution is 2.27. The van der Waals surface area contributed by atoms with Crippen LogP contribution in [0.3, 0.4) is 0 Å². The molecule has 0 spiro atoms. The molecule has 0 saturated heterocycles. The average Bonchev–Trinajstić information content (AvgIpc) is 3.37. The second kappa shape index (κ2) is 7.75. The lowest BCUT2D eigenvalue weighted by Crippen LogP contribution is -2.22. The van der Waals surface area contributed by atoms with Gasteiger partial charge in [-0.25, -0.2) is 22.5 Å². The first-order chi connectivity index (χ1) is 14.7. The average molecular weight is 444 g/mol. The van der Waals surface area contributed by atoms with Crippen molar-refractivity contribution in [3.63, 3.8) is 0 Å². The van der Waals surface area contributed by atoms with Crippen molar-refractivity contribution in [3.8, 4) is 5.82 Å². The van der Waals surface area contributed by atoms with Crippen LogP contribution in [-0.2, 0) is 27.5 Å². The molecule has 0 amide bonds. The Morgan fingerprint density at radius 1 is 1.23 bits per heavy atom. The predicted molar refractivity (Wildman–Crippen MR) is 113 cm³/mol. The molecule has 4 rings (SSSR count). The highest BCUT2D eigenvalue weighted by Gasteiger charge is 2.27. The quantitative estimate of drug-likeness (QED) is 0.470. The van der Waals surface area contributed by atoms with Crippen molar-refractivity contribution in [1.29, 1.82) is 0 Å². The van der Waals surface area contributed by atoms with Crippen LogP contribution in [0.15, 0.2) is 60.0 Å². The molecule has 9 nitrogen and oxygen atoms in total. The molecule has 11 heteroatoms. The lowest BCUT2D eigenvalue weighted by molar-refractivity contribution is 0.0527. The van der Waals surface area contributed by atoms with Gasteiger partial charge in [0.2, 0.25) is 0 Å². The number of sulfonamides is 1. The monoisotopic (exact) mass is 444 g/mol. The third-order valence-corrected chi connectivity index (χ3v) is 6.19. The van der Waals surface area contributed by atoms with E-state index in [0.717, 1.165) is 5.39 Å². The highest BCUT2D eigenvalue weighted by molar-refractivity contribution is 7.92. The zero-order valence-electron chi connectivity index (χ0n) is 17.2. The molecule has 31 heavy (non-hydrogen) atoms. The fourth-order valence-corrected chi connectivity index (χ4v) is 4.31. The Kier molecular flexibility index (Phi) is 5.23. The van der Waals surface area contributed by atoms with Crippen molar-refractivity contribution in [3.05, 3.63) is 60.7 Å². The summed E-state index contributed by atoms with van der Waals surface area (Å²) < 4.78 is 51.1. The molecule has 1 unspecified atom stereocenters. The molecule has 3 aromatic heterocycles. The molecule has 1 N–H and O–H groups in total. The lowest BCUT2D eigenvalue weighted by Gasteiger charge is -2.20. The van der Waals surface area contributed by atoms with E-state index >= 15 is 0 Å². The van der Waals surface area contributed by atoms with E-state index in [9.17, 15) is 12.8 Å². The van der Waals surface area contributed by atoms with Crippen molar-refractivity contribution in [2.45, 2.75) is 17.5 Å². The van der Waals surface area contributed by atoms with Crippen molar-refractivity contribution in [2.24, 2.45) is 7.05 Å². The van der Waals surface area contributed by atoms with Gasteiger partial charge in [-0.05, 0) is 30.7 Å². The number of aromatic nitrogens is 5. The Balaban J connectivity index is 1.65. The van der Waals surface area contributed by atoms with Crippen LogP contribution in [-0.4, -0.2) is 46.7 Å². The van der Waals surface area contributed by atoms with Gasteiger partial charge in [0.1, 0.15) is 4.90 Å². The Labute approximate surface area is 178 Å². The van der Waals surface area contributed by atoms with E-state index in [-0.39, 0.29) is 17.3 Å². The first-order valence-corrected chi connectivity index (χ1v) is 10.8. The second-order valence-corrected chi connectivity index (χ2v) is 8.95. The minimum atomic E-state index is -3.93. The molecular formula is C20H21FN6O3S. The van der Waals surface area contributed by atoms with Gasteiger partial charge in [0.15, 0.2) is 11.5 Å². The van der Waals surface area contributed by atoms with E-state index in [0.29, 0.717) is 16.8 Å². The number of methoxy groups -OCH3 is 1. The minimum Gasteiger partial charge on any atom is -0.381 e. The van der Waals surface area contributed by atoms with E-state index in [1.165, 1.54) is 43.4 Å². The summed E-state index contributed by atoms with van der Waals surface area (Å²) >= 11 is 0. The number of anilines is 1. The molecule has 0 saturated carbocycles. The zero-order valence-corrected chi connectivity index (χ0v) is 18.0. The van der Waals surface area contributed by atoms with Gasteiger partial charge in [0.05, 0.1) is 36.4 Å².